The van der Waals surface area contributed by atoms with E-state index in [0.29, 0.717) is 12.5 Å². The molecule has 0 aromatic heterocycles. The zero-order valence-corrected chi connectivity index (χ0v) is 10.9. The highest BCUT2D eigenvalue weighted by Crippen LogP contribution is 2.40. The Balaban J connectivity index is 1.79. The van der Waals surface area contributed by atoms with Crippen LogP contribution in [0.5, 0.6) is 0 Å². The van der Waals surface area contributed by atoms with Crippen LogP contribution in [0, 0.1) is 5.92 Å². The van der Waals surface area contributed by atoms with Crippen molar-refractivity contribution < 1.29 is 9.53 Å². The van der Waals surface area contributed by atoms with Crippen LogP contribution < -0.4 is 5.32 Å². The predicted octanol–water partition coefficient (Wildman–Crippen LogP) is 2.68. The van der Waals surface area contributed by atoms with Crippen molar-refractivity contribution in [3.63, 3.8) is 0 Å². The summed E-state index contributed by atoms with van der Waals surface area (Å²) < 4.78 is 4.63. The van der Waals surface area contributed by atoms with E-state index in [9.17, 15) is 4.79 Å². The van der Waals surface area contributed by atoms with E-state index < -0.39 is 0 Å². The molecule has 0 heterocycles. The fourth-order valence-corrected chi connectivity index (χ4v) is 2.24. The third-order valence-electron chi connectivity index (χ3n) is 3.40. The number of benzene rings is 1. The van der Waals surface area contributed by atoms with Gasteiger partial charge in [0.15, 0.2) is 0 Å². The molecule has 1 aliphatic carbocycles. The van der Waals surface area contributed by atoms with Gasteiger partial charge in [-0.25, -0.2) is 0 Å². The predicted molar refractivity (Wildman–Crippen MR) is 71.2 cm³/mol. The van der Waals surface area contributed by atoms with Crippen LogP contribution in [0.2, 0.25) is 0 Å². The first-order valence-corrected chi connectivity index (χ1v) is 6.66. The lowest BCUT2D eigenvalue weighted by molar-refractivity contribution is -0.140. The Labute approximate surface area is 109 Å². The van der Waals surface area contributed by atoms with E-state index in [1.807, 2.05) is 6.07 Å². The fraction of sp³-hybridized carbons (Fsp3) is 0.533. The molecule has 1 unspecified atom stereocenters. The lowest BCUT2D eigenvalue weighted by Gasteiger charge is -2.18. The fourth-order valence-electron chi connectivity index (χ4n) is 2.24. The first-order chi connectivity index (χ1) is 8.81. The maximum absolute atomic E-state index is 11.0. The van der Waals surface area contributed by atoms with Crippen LogP contribution in [0.25, 0.3) is 0 Å². The summed E-state index contributed by atoms with van der Waals surface area (Å²) in [4.78, 5) is 11.0. The van der Waals surface area contributed by atoms with Crippen molar-refractivity contribution in [3.8, 4) is 0 Å². The first kappa shape index (κ1) is 13.1. The van der Waals surface area contributed by atoms with Gasteiger partial charge in [-0.2, -0.15) is 0 Å². The van der Waals surface area contributed by atoms with E-state index >= 15 is 0 Å². The van der Waals surface area contributed by atoms with E-state index in [0.717, 1.165) is 18.9 Å². The minimum absolute atomic E-state index is 0.125. The topological polar surface area (TPSA) is 38.3 Å². The maximum Gasteiger partial charge on any atom is 0.305 e. The number of esters is 1. The summed E-state index contributed by atoms with van der Waals surface area (Å²) >= 11 is 0. The molecule has 1 atom stereocenters. The van der Waals surface area contributed by atoms with Crippen LogP contribution in [0.4, 0.5) is 0 Å². The van der Waals surface area contributed by atoms with Crippen molar-refractivity contribution in [1.82, 2.24) is 5.32 Å². The SMILES string of the molecule is COC(=O)CCCNC(c1ccccc1)C1CC1. The number of carbonyl (C=O) groups is 1. The maximum atomic E-state index is 11.0. The quantitative estimate of drug-likeness (QED) is 0.594. The van der Waals surface area contributed by atoms with Crippen molar-refractivity contribution in [3.05, 3.63) is 35.9 Å². The van der Waals surface area contributed by atoms with Gasteiger partial charge in [-0.15, -0.1) is 0 Å². The van der Waals surface area contributed by atoms with Crippen LogP contribution in [-0.4, -0.2) is 19.6 Å². The number of methoxy groups -OCH3 is 1. The van der Waals surface area contributed by atoms with E-state index in [1.54, 1.807) is 0 Å². The summed E-state index contributed by atoms with van der Waals surface area (Å²) in [5.74, 6) is 0.644. The summed E-state index contributed by atoms with van der Waals surface area (Å²) in [6.45, 7) is 0.866. The van der Waals surface area contributed by atoms with Gasteiger partial charge >= 0.3 is 5.97 Å². The average Bonchev–Trinajstić information content (AvgIpc) is 3.24. The Morgan fingerprint density at radius 2 is 2.11 bits per heavy atom. The molecule has 18 heavy (non-hydrogen) atoms. The van der Waals surface area contributed by atoms with Gasteiger partial charge in [0.2, 0.25) is 0 Å². The van der Waals surface area contributed by atoms with Crippen molar-refractivity contribution in [2.24, 2.45) is 5.92 Å². The molecule has 0 saturated heterocycles. The number of ether oxygens (including phenoxy) is 1. The van der Waals surface area contributed by atoms with Crippen molar-refractivity contribution >= 4 is 5.97 Å². The summed E-state index contributed by atoms with van der Waals surface area (Å²) in [7, 11) is 1.44. The number of carbonyl (C=O) groups excluding carboxylic acids is 1. The summed E-state index contributed by atoms with van der Waals surface area (Å²) in [5, 5.41) is 3.57. The molecule has 1 aromatic carbocycles. The van der Waals surface area contributed by atoms with Gasteiger partial charge < -0.3 is 10.1 Å². The highest BCUT2D eigenvalue weighted by molar-refractivity contribution is 5.69. The highest BCUT2D eigenvalue weighted by atomic mass is 16.5. The van der Waals surface area contributed by atoms with E-state index in [4.69, 9.17) is 0 Å². The second-order valence-corrected chi connectivity index (χ2v) is 4.86. The van der Waals surface area contributed by atoms with Gasteiger partial charge in [0, 0.05) is 12.5 Å². The molecule has 2 rings (SSSR count). The molecule has 0 amide bonds. The van der Waals surface area contributed by atoms with Crippen LogP contribution in [0.1, 0.15) is 37.3 Å². The zero-order chi connectivity index (χ0) is 12.8. The molecule has 0 aliphatic heterocycles. The Kier molecular flexibility index (Phi) is 4.76. The van der Waals surface area contributed by atoms with Gasteiger partial charge in [-0.05, 0) is 37.3 Å². The van der Waals surface area contributed by atoms with E-state index in [1.165, 1.54) is 25.5 Å². The van der Waals surface area contributed by atoms with Crippen LogP contribution in [0.15, 0.2) is 30.3 Å². The molecule has 0 spiro atoms. The Bertz CT molecular complexity index is 373. The third-order valence-corrected chi connectivity index (χ3v) is 3.40. The number of hydrogen-bond donors (Lipinski definition) is 1. The largest absolute Gasteiger partial charge is 0.469 e. The van der Waals surface area contributed by atoms with Crippen molar-refractivity contribution in [2.45, 2.75) is 31.7 Å². The van der Waals surface area contributed by atoms with Crippen LogP contribution in [-0.2, 0) is 9.53 Å². The van der Waals surface area contributed by atoms with Crippen molar-refractivity contribution in [1.29, 1.82) is 0 Å². The number of nitrogens with one attached hydrogen (secondary N) is 1. The number of rotatable bonds is 7. The molecule has 1 saturated carbocycles. The van der Waals surface area contributed by atoms with Gasteiger partial charge in [-0.3, -0.25) is 4.79 Å². The lowest BCUT2D eigenvalue weighted by atomic mass is 10.0. The molecule has 1 fully saturated rings. The summed E-state index contributed by atoms with van der Waals surface area (Å²) in [6.07, 6.45) is 3.95. The average molecular weight is 247 g/mol. The van der Waals surface area contributed by atoms with Gasteiger partial charge in [0.1, 0.15) is 0 Å². The summed E-state index contributed by atoms with van der Waals surface area (Å²) in [6, 6.07) is 11.0. The van der Waals surface area contributed by atoms with Crippen molar-refractivity contribution in [2.75, 3.05) is 13.7 Å². The Hall–Kier alpha value is -1.35. The minimum atomic E-state index is -0.125. The molecule has 98 valence electrons. The molecular formula is C15H21NO2. The lowest BCUT2D eigenvalue weighted by Crippen LogP contribution is -2.24. The molecule has 0 radical (unpaired) electrons. The van der Waals surface area contributed by atoms with Gasteiger partial charge in [0.05, 0.1) is 7.11 Å². The molecule has 0 bridgehead atoms. The standard InChI is InChI=1S/C15H21NO2/c1-18-14(17)8-5-11-16-15(13-9-10-13)12-6-3-2-4-7-12/h2-4,6-7,13,15-16H,5,8-11H2,1H3. The van der Waals surface area contributed by atoms with Gasteiger partial charge in [0.25, 0.3) is 0 Å². The first-order valence-electron chi connectivity index (χ1n) is 6.66. The van der Waals surface area contributed by atoms with E-state index in [2.05, 4.69) is 34.3 Å². The van der Waals surface area contributed by atoms with Gasteiger partial charge in [-0.1, -0.05) is 30.3 Å². The Morgan fingerprint density at radius 3 is 2.72 bits per heavy atom. The van der Waals surface area contributed by atoms with Crippen LogP contribution >= 0.6 is 0 Å². The second-order valence-electron chi connectivity index (χ2n) is 4.86. The smallest absolute Gasteiger partial charge is 0.305 e. The molecule has 1 aromatic rings. The minimum Gasteiger partial charge on any atom is -0.469 e. The molecular weight excluding hydrogens is 226 g/mol. The monoisotopic (exact) mass is 247 g/mol. The summed E-state index contributed by atoms with van der Waals surface area (Å²) in [5.41, 5.74) is 1.36. The van der Waals surface area contributed by atoms with E-state index in [-0.39, 0.29) is 5.97 Å². The van der Waals surface area contributed by atoms with Crippen LogP contribution in [0.3, 0.4) is 0 Å². The molecule has 3 heteroatoms. The highest BCUT2D eigenvalue weighted by Gasteiger charge is 2.31. The third kappa shape index (κ3) is 3.84. The molecule has 1 N–H and O–H groups in total. The second kappa shape index (κ2) is 6.55. The Morgan fingerprint density at radius 1 is 1.39 bits per heavy atom. The number of hydrogen-bond acceptors (Lipinski definition) is 3. The zero-order valence-electron chi connectivity index (χ0n) is 10.9. The normalized spacial score (nSPS) is 16.3. The molecule has 3 nitrogen and oxygen atoms in total. The molecule has 1 aliphatic rings.